The summed E-state index contributed by atoms with van der Waals surface area (Å²) in [6, 6.07) is 0. The van der Waals surface area contributed by atoms with Crippen molar-refractivity contribution in [3.8, 4) is 11.3 Å². The van der Waals surface area contributed by atoms with E-state index >= 15 is 0 Å². The topological polar surface area (TPSA) is 135 Å². The van der Waals surface area contributed by atoms with E-state index in [-0.39, 0.29) is 5.95 Å². The fourth-order valence-electron chi connectivity index (χ4n) is 4.45. The van der Waals surface area contributed by atoms with Crippen LogP contribution in [-0.2, 0) is 21.3 Å². The van der Waals surface area contributed by atoms with Gasteiger partial charge in [-0.2, -0.15) is 4.31 Å². The standard InChI is InChI=1S/C21H28ClN9O3S/c1-14-16(11-24-21(23)25-14)17-18(22)31-13-15(12-28-3-5-30(6-4-28)35(2,32)33)26-20(31)19(27-17)29-7-9-34-10-8-29/h11,13H,3-10,12H2,1-2H3,(H2,23,24,25). The summed E-state index contributed by atoms with van der Waals surface area (Å²) in [6.07, 6.45) is 4.81. The van der Waals surface area contributed by atoms with E-state index in [0.29, 0.717) is 86.8 Å². The number of imidazole rings is 1. The van der Waals surface area contributed by atoms with Crippen molar-refractivity contribution in [3.63, 3.8) is 0 Å². The number of anilines is 2. The molecule has 0 aromatic carbocycles. The number of halogens is 1. The Labute approximate surface area is 208 Å². The molecule has 0 saturated carbocycles. The number of nitrogens with two attached hydrogens (primary N) is 1. The molecule has 35 heavy (non-hydrogen) atoms. The van der Waals surface area contributed by atoms with Gasteiger partial charge in [-0.05, 0) is 6.92 Å². The Morgan fingerprint density at radius 1 is 1.09 bits per heavy atom. The Morgan fingerprint density at radius 2 is 1.80 bits per heavy atom. The van der Waals surface area contributed by atoms with Crippen molar-refractivity contribution in [2.75, 3.05) is 69.4 Å². The van der Waals surface area contributed by atoms with Crippen LogP contribution in [0.2, 0.25) is 5.15 Å². The van der Waals surface area contributed by atoms with Crippen molar-refractivity contribution in [3.05, 3.63) is 28.9 Å². The zero-order chi connectivity index (χ0) is 24.7. The smallest absolute Gasteiger partial charge is 0.220 e. The van der Waals surface area contributed by atoms with Crippen molar-refractivity contribution in [1.29, 1.82) is 0 Å². The van der Waals surface area contributed by atoms with Gasteiger partial charge in [0.15, 0.2) is 11.5 Å². The average molecular weight is 522 g/mol. The van der Waals surface area contributed by atoms with Crippen LogP contribution >= 0.6 is 11.6 Å². The van der Waals surface area contributed by atoms with Crippen molar-refractivity contribution >= 4 is 39.0 Å². The summed E-state index contributed by atoms with van der Waals surface area (Å²) in [7, 11) is -3.18. The van der Waals surface area contributed by atoms with Gasteiger partial charge in [-0.25, -0.2) is 28.4 Å². The van der Waals surface area contributed by atoms with Crippen LogP contribution in [0.5, 0.6) is 0 Å². The van der Waals surface area contributed by atoms with Gasteiger partial charge >= 0.3 is 0 Å². The van der Waals surface area contributed by atoms with E-state index in [1.54, 1.807) is 6.20 Å². The maximum atomic E-state index is 11.8. The number of morpholine rings is 1. The molecule has 3 aromatic heterocycles. The fraction of sp³-hybridized carbons (Fsp3) is 0.524. The molecule has 0 atom stereocenters. The molecule has 0 spiro atoms. The average Bonchev–Trinajstić information content (AvgIpc) is 3.24. The summed E-state index contributed by atoms with van der Waals surface area (Å²) >= 11 is 6.87. The third-order valence-electron chi connectivity index (χ3n) is 6.33. The van der Waals surface area contributed by atoms with Crippen LogP contribution in [0.25, 0.3) is 16.9 Å². The van der Waals surface area contributed by atoms with Gasteiger partial charge in [-0.1, -0.05) is 11.6 Å². The summed E-state index contributed by atoms with van der Waals surface area (Å²) in [5, 5.41) is 0.411. The number of piperazine rings is 1. The minimum absolute atomic E-state index is 0.192. The summed E-state index contributed by atoms with van der Waals surface area (Å²) in [5.41, 5.74) is 9.19. The van der Waals surface area contributed by atoms with Gasteiger partial charge < -0.3 is 15.4 Å². The monoisotopic (exact) mass is 521 g/mol. The predicted octanol–water partition coefficient (Wildman–Crippen LogP) is 0.644. The van der Waals surface area contributed by atoms with Crippen molar-refractivity contribution < 1.29 is 13.2 Å². The summed E-state index contributed by atoms with van der Waals surface area (Å²) < 4.78 is 32.5. The number of nitrogens with zero attached hydrogens (tertiary/aromatic N) is 8. The number of sulfonamides is 1. The second kappa shape index (κ2) is 9.47. The number of nitrogen functional groups attached to an aromatic ring is 1. The number of ether oxygens (including phenoxy) is 1. The molecule has 2 fully saturated rings. The number of aryl methyl sites for hydroxylation is 1. The van der Waals surface area contributed by atoms with Gasteiger partial charge in [0, 0.05) is 63.8 Å². The molecule has 14 heteroatoms. The maximum absolute atomic E-state index is 11.8. The molecule has 5 heterocycles. The van der Waals surface area contributed by atoms with Crippen molar-refractivity contribution in [1.82, 2.24) is 33.5 Å². The number of rotatable bonds is 5. The lowest BCUT2D eigenvalue weighted by molar-refractivity contribution is 0.122. The number of aromatic nitrogens is 5. The number of fused-ring (bicyclic) bond motifs is 1. The zero-order valence-electron chi connectivity index (χ0n) is 19.7. The lowest BCUT2D eigenvalue weighted by Crippen LogP contribution is -2.47. The molecule has 12 nitrogen and oxygen atoms in total. The number of hydrogen-bond donors (Lipinski definition) is 1. The molecular weight excluding hydrogens is 494 g/mol. The van der Waals surface area contributed by atoms with Gasteiger partial charge in [0.05, 0.1) is 30.9 Å². The number of hydrogen-bond acceptors (Lipinski definition) is 10. The highest BCUT2D eigenvalue weighted by atomic mass is 35.5. The molecule has 2 aliphatic heterocycles. The molecule has 0 unspecified atom stereocenters. The fourth-order valence-corrected chi connectivity index (χ4v) is 5.55. The Kier molecular flexibility index (Phi) is 6.53. The lowest BCUT2D eigenvalue weighted by Gasteiger charge is -2.32. The molecule has 0 radical (unpaired) electrons. The highest BCUT2D eigenvalue weighted by Crippen LogP contribution is 2.33. The van der Waals surface area contributed by atoms with Gasteiger partial charge in [0.25, 0.3) is 0 Å². The predicted molar refractivity (Wildman–Crippen MR) is 133 cm³/mol. The van der Waals surface area contributed by atoms with E-state index in [1.165, 1.54) is 10.6 Å². The van der Waals surface area contributed by atoms with Crippen LogP contribution in [0.4, 0.5) is 11.8 Å². The lowest BCUT2D eigenvalue weighted by atomic mass is 10.2. The Balaban J connectivity index is 1.52. The summed E-state index contributed by atoms with van der Waals surface area (Å²) in [6.45, 7) is 7.22. The molecule has 0 bridgehead atoms. The van der Waals surface area contributed by atoms with Crippen LogP contribution in [0.1, 0.15) is 11.4 Å². The van der Waals surface area contributed by atoms with Crippen LogP contribution in [0, 0.1) is 6.92 Å². The van der Waals surface area contributed by atoms with E-state index < -0.39 is 10.0 Å². The van der Waals surface area contributed by atoms with E-state index in [1.807, 2.05) is 17.5 Å². The van der Waals surface area contributed by atoms with Gasteiger partial charge in [-0.3, -0.25) is 9.30 Å². The molecular formula is C21H28ClN9O3S. The molecule has 2 N–H and O–H groups in total. The Hall–Kier alpha value is -2.58. The van der Waals surface area contributed by atoms with E-state index in [0.717, 1.165) is 11.5 Å². The van der Waals surface area contributed by atoms with Gasteiger partial charge in [0.2, 0.25) is 16.0 Å². The van der Waals surface area contributed by atoms with E-state index in [4.69, 9.17) is 32.0 Å². The quantitative estimate of drug-likeness (QED) is 0.509. The zero-order valence-corrected chi connectivity index (χ0v) is 21.3. The normalized spacial score (nSPS) is 18.4. The first-order chi connectivity index (χ1) is 16.7. The molecule has 188 valence electrons. The van der Waals surface area contributed by atoms with Crippen molar-refractivity contribution in [2.45, 2.75) is 13.5 Å². The minimum Gasteiger partial charge on any atom is -0.378 e. The molecule has 5 rings (SSSR count). The molecule has 2 saturated heterocycles. The first kappa shape index (κ1) is 24.1. The third-order valence-corrected chi connectivity index (χ3v) is 7.99. The third kappa shape index (κ3) is 4.91. The van der Waals surface area contributed by atoms with Crippen LogP contribution < -0.4 is 10.6 Å². The van der Waals surface area contributed by atoms with Crippen LogP contribution in [-0.4, -0.2) is 101 Å². The molecule has 2 aliphatic rings. The summed E-state index contributed by atoms with van der Waals surface area (Å²) in [5.74, 6) is 0.912. The van der Waals surface area contributed by atoms with Crippen molar-refractivity contribution in [2.24, 2.45) is 0 Å². The molecule has 0 aliphatic carbocycles. The molecule has 0 amide bonds. The SMILES string of the molecule is Cc1nc(N)ncc1-c1nc(N2CCOCC2)c2nc(CN3CCN(S(C)(=O)=O)CC3)cn2c1Cl. The van der Waals surface area contributed by atoms with Gasteiger partial charge in [-0.15, -0.1) is 0 Å². The second-order valence-electron chi connectivity index (χ2n) is 8.77. The van der Waals surface area contributed by atoms with E-state index in [2.05, 4.69) is 19.8 Å². The highest BCUT2D eigenvalue weighted by molar-refractivity contribution is 7.88. The maximum Gasteiger partial charge on any atom is 0.220 e. The first-order valence-electron chi connectivity index (χ1n) is 11.4. The minimum atomic E-state index is -3.18. The summed E-state index contributed by atoms with van der Waals surface area (Å²) in [4.78, 5) is 22.6. The molecule has 3 aromatic rings. The van der Waals surface area contributed by atoms with Gasteiger partial charge in [0.1, 0.15) is 10.8 Å². The highest BCUT2D eigenvalue weighted by Gasteiger charge is 2.26. The Bertz CT molecular complexity index is 1350. The van der Waals surface area contributed by atoms with Crippen LogP contribution in [0.15, 0.2) is 12.4 Å². The second-order valence-corrected chi connectivity index (χ2v) is 11.1. The largest absolute Gasteiger partial charge is 0.378 e. The Morgan fingerprint density at radius 3 is 2.46 bits per heavy atom. The van der Waals surface area contributed by atoms with Crippen LogP contribution in [0.3, 0.4) is 0 Å². The first-order valence-corrected chi connectivity index (χ1v) is 13.6. The van der Waals surface area contributed by atoms with E-state index in [9.17, 15) is 8.42 Å².